The van der Waals surface area contributed by atoms with Gasteiger partial charge in [0.05, 0.1) is 5.92 Å². The Morgan fingerprint density at radius 1 is 1.06 bits per heavy atom. The molecule has 2 atom stereocenters. The third-order valence-corrected chi connectivity index (χ3v) is 6.06. The predicted molar refractivity (Wildman–Crippen MR) is 125 cm³/mol. The molecular weight excluding hydrogens is 388 g/mol. The highest BCUT2D eigenvalue weighted by Gasteiger charge is 2.31. The third kappa shape index (κ3) is 5.75. The number of rotatable bonds is 9. The molecule has 2 aromatic rings. The molecule has 1 fully saturated rings. The lowest BCUT2D eigenvalue weighted by molar-refractivity contribution is -0.131. The number of piperidine rings is 1. The number of amides is 1. The quantitative estimate of drug-likeness (QED) is 0.564. The Balaban J connectivity index is 1.98. The second kappa shape index (κ2) is 10.8. The molecule has 0 radical (unpaired) electrons. The van der Waals surface area contributed by atoms with Crippen molar-refractivity contribution in [3.8, 4) is 0 Å². The molecule has 0 bridgehead atoms. The SMILES string of the molecule is CCCC(c1ccccc1N1CCCCC1)C(C(N)=O)c1ccc(C=CC(=O)O)cc1. The fourth-order valence-electron chi connectivity index (χ4n) is 4.61. The average Bonchev–Trinajstić information content (AvgIpc) is 2.78. The molecule has 2 unspecified atom stereocenters. The van der Waals surface area contributed by atoms with Gasteiger partial charge in [-0.1, -0.05) is 55.8 Å². The number of carboxylic acids is 1. The molecule has 1 heterocycles. The minimum Gasteiger partial charge on any atom is -0.478 e. The molecule has 5 nitrogen and oxygen atoms in total. The molecule has 5 heteroatoms. The zero-order chi connectivity index (χ0) is 22.2. The van der Waals surface area contributed by atoms with E-state index in [1.165, 1.54) is 30.5 Å². The number of anilines is 1. The molecule has 0 saturated carbocycles. The molecule has 1 saturated heterocycles. The van der Waals surface area contributed by atoms with E-state index in [1.54, 1.807) is 6.08 Å². The fourth-order valence-corrected chi connectivity index (χ4v) is 4.61. The highest BCUT2D eigenvalue weighted by molar-refractivity contribution is 5.86. The first kappa shape index (κ1) is 22.6. The average molecular weight is 421 g/mol. The topological polar surface area (TPSA) is 83.6 Å². The molecule has 1 aliphatic rings. The Bertz CT molecular complexity index is 915. The summed E-state index contributed by atoms with van der Waals surface area (Å²) < 4.78 is 0. The van der Waals surface area contributed by atoms with Gasteiger partial charge in [0, 0.05) is 30.8 Å². The van der Waals surface area contributed by atoms with Crippen molar-refractivity contribution in [2.45, 2.75) is 50.9 Å². The van der Waals surface area contributed by atoms with Crippen LogP contribution in [0.25, 0.3) is 6.08 Å². The van der Waals surface area contributed by atoms with E-state index in [0.717, 1.165) is 43.1 Å². The van der Waals surface area contributed by atoms with E-state index in [-0.39, 0.29) is 11.8 Å². The van der Waals surface area contributed by atoms with Crippen LogP contribution in [0.2, 0.25) is 0 Å². The van der Waals surface area contributed by atoms with Crippen molar-refractivity contribution in [2.75, 3.05) is 18.0 Å². The third-order valence-electron chi connectivity index (χ3n) is 6.06. The van der Waals surface area contributed by atoms with Gasteiger partial charge in [-0.05, 0) is 54.5 Å². The molecule has 31 heavy (non-hydrogen) atoms. The van der Waals surface area contributed by atoms with E-state index in [4.69, 9.17) is 10.8 Å². The number of hydrogen-bond acceptors (Lipinski definition) is 3. The molecule has 1 aliphatic heterocycles. The Labute approximate surface area is 184 Å². The van der Waals surface area contributed by atoms with Crippen LogP contribution in [0.3, 0.4) is 0 Å². The predicted octanol–water partition coefficient (Wildman–Crippen LogP) is 4.93. The minimum atomic E-state index is -0.989. The van der Waals surface area contributed by atoms with Crippen LogP contribution in [0, 0.1) is 0 Å². The van der Waals surface area contributed by atoms with Crippen LogP contribution in [-0.2, 0) is 9.59 Å². The van der Waals surface area contributed by atoms with E-state index < -0.39 is 11.9 Å². The van der Waals surface area contributed by atoms with Gasteiger partial charge in [0.2, 0.25) is 5.91 Å². The van der Waals surface area contributed by atoms with E-state index in [1.807, 2.05) is 30.3 Å². The van der Waals surface area contributed by atoms with Gasteiger partial charge in [0.25, 0.3) is 0 Å². The number of nitrogens with two attached hydrogens (primary N) is 1. The van der Waals surface area contributed by atoms with Crippen molar-refractivity contribution in [1.29, 1.82) is 0 Å². The number of benzene rings is 2. The van der Waals surface area contributed by atoms with Gasteiger partial charge in [-0.15, -0.1) is 0 Å². The molecular formula is C26H32N2O3. The summed E-state index contributed by atoms with van der Waals surface area (Å²) in [7, 11) is 0. The van der Waals surface area contributed by atoms with Gasteiger partial charge in [-0.2, -0.15) is 0 Å². The summed E-state index contributed by atoms with van der Waals surface area (Å²) in [5.41, 5.74) is 10.00. The van der Waals surface area contributed by atoms with Crippen LogP contribution in [0.1, 0.15) is 67.6 Å². The maximum Gasteiger partial charge on any atom is 0.328 e. The van der Waals surface area contributed by atoms with Crippen molar-refractivity contribution in [2.24, 2.45) is 5.73 Å². The lowest BCUT2D eigenvalue weighted by Crippen LogP contribution is -2.32. The van der Waals surface area contributed by atoms with Crippen molar-refractivity contribution in [1.82, 2.24) is 0 Å². The number of hydrogen-bond donors (Lipinski definition) is 2. The number of carbonyl (C=O) groups is 2. The monoisotopic (exact) mass is 420 g/mol. The Kier molecular flexibility index (Phi) is 7.88. The number of carboxylic acid groups (broad SMARTS) is 1. The van der Waals surface area contributed by atoms with Gasteiger partial charge in [-0.25, -0.2) is 4.79 Å². The first-order valence-corrected chi connectivity index (χ1v) is 11.2. The van der Waals surface area contributed by atoms with Crippen LogP contribution in [-0.4, -0.2) is 30.1 Å². The van der Waals surface area contributed by atoms with E-state index in [2.05, 4.69) is 30.0 Å². The molecule has 0 aromatic heterocycles. The van der Waals surface area contributed by atoms with Crippen molar-refractivity contribution in [3.05, 3.63) is 71.3 Å². The number of primary amides is 1. The summed E-state index contributed by atoms with van der Waals surface area (Å²) in [5, 5.41) is 8.83. The number of carbonyl (C=O) groups excluding carboxylic acids is 1. The van der Waals surface area contributed by atoms with E-state index in [9.17, 15) is 9.59 Å². The number of para-hydroxylation sites is 1. The van der Waals surface area contributed by atoms with Crippen LogP contribution >= 0.6 is 0 Å². The normalized spacial score (nSPS) is 16.2. The maximum absolute atomic E-state index is 12.7. The van der Waals surface area contributed by atoms with Crippen molar-refractivity contribution < 1.29 is 14.7 Å². The van der Waals surface area contributed by atoms with Gasteiger partial charge in [0.1, 0.15) is 0 Å². The van der Waals surface area contributed by atoms with Crippen molar-refractivity contribution >= 4 is 23.6 Å². The minimum absolute atomic E-state index is 0.0129. The summed E-state index contributed by atoms with van der Waals surface area (Å²) >= 11 is 0. The van der Waals surface area contributed by atoms with Gasteiger partial charge >= 0.3 is 5.97 Å². The summed E-state index contributed by atoms with van der Waals surface area (Å²) in [6.07, 6.45) is 8.11. The van der Waals surface area contributed by atoms with Crippen LogP contribution < -0.4 is 10.6 Å². The molecule has 0 aliphatic carbocycles. The second-order valence-corrected chi connectivity index (χ2v) is 8.22. The van der Waals surface area contributed by atoms with Crippen LogP contribution in [0.5, 0.6) is 0 Å². The largest absolute Gasteiger partial charge is 0.478 e. The standard InChI is InChI=1S/C26H32N2O3/c1-2-8-22(21-9-4-5-10-23(21)28-17-6-3-7-18-28)25(26(27)31)20-14-11-19(12-15-20)13-16-24(29)30/h4-5,9-16,22,25H,2-3,6-8,17-18H2,1H3,(H2,27,31)(H,29,30). The smallest absolute Gasteiger partial charge is 0.328 e. The summed E-state index contributed by atoms with van der Waals surface area (Å²) in [5.74, 6) is -1.78. The Morgan fingerprint density at radius 3 is 2.35 bits per heavy atom. The Hall–Kier alpha value is -3.08. The maximum atomic E-state index is 12.7. The van der Waals surface area contributed by atoms with Crippen molar-refractivity contribution in [3.63, 3.8) is 0 Å². The highest BCUT2D eigenvalue weighted by Crippen LogP contribution is 2.41. The van der Waals surface area contributed by atoms with Gasteiger partial charge < -0.3 is 15.7 Å². The summed E-state index contributed by atoms with van der Waals surface area (Å²) in [6.45, 7) is 4.22. The summed E-state index contributed by atoms with van der Waals surface area (Å²) in [6, 6.07) is 15.9. The Morgan fingerprint density at radius 2 is 1.74 bits per heavy atom. The lowest BCUT2D eigenvalue weighted by Gasteiger charge is -2.34. The molecule has 1 amide bonds. The fraction of sp³-hybridized carbons (Fsp3) is 0.385. The zero-order valence-corrected chi connectivity index (χ0v) is 18.2. The first-order chi connectivity index (χ1) is 15.0. The lowest BCUT2D eigenvalue weighted by atomic mass is 9.77. The number of aliphatic carboxylic acids is 1. The van der Waals surface area contributed by atoms with Gasteiger partial charge in [0.15, 0.2) is 0 Å². The van der Waals surface area contributed by atoms with E-state index >= 15 is 0 Å². The van der Waals surface area contributed by atoms with Crippen LogP contribution in [0.15, 0.2) is 54.6 Å². The summed E-state index contributed by atoms with van der Waals surface area (Å²) in [4.78, 5) is 25.9. The molecule has 3 rings (SSSR count). The highest BCUT2D eigenvalue weighted by atomic mass is 16.4. The molecule has 2 aromatic carbocycles. The van der Waals surface area contributed by atoms with E-state index in [0.29, 0.717) is 0 Å². The molecule has 3 N–H and O–H groups in total. The van der Waals surface area contributed by atoms with Gasteiger partial charge in [-0.3, -0.25) is 4.79 Å². The number of nitrogens with zero attached hydrogens (tertiary/aromatic N) is 1. The molecule has 0 spiro atoms. The second-order valence-electron chi connectivity index (χ2n) is 8.22. The molecule has 164 valence electrons. The van der Waals surface area contributed by atoms with Crippen LogP contribution in [0.4, 0.5) is 5.69 Å². The first-order valence-electron chi connectivity index (χ1n) is 11.2. The zero-order valence-electron chi connectivity index (χ0n) is 18.2.